The minimum absolute atomic E-state index is 0.357. The summed E-state index contributed by atoms with van der Waals surface area (Å²) in [5.41, 5.74) is 1.46. The highest BCUT2D eigenvalue weighted by Crippen LogP contribution is 2.37. The predicted octanol–water partition coefficient (Wildman–Crippen LogP) is 4.24. The average Bonchev–Trinajstić information content (AvgIpc) is 3.27. The molecule has 0 bridgehead atoms. The average molecular weight is 303 g/mol. The zero-order valence-electron chi connectivity index (χ0n) is 13.0. The first-order valence-corrected chi connectivity index (χ1v) is 8.92. The molecule has 1 N–H and O–H groups in total. The molecule has 2 nitrogen and oxygen atoms in total. The van der Waals surface area contributed by atoms with Crippen LogP contribution in [0.25, 0.3) is 10.1 Å². The lowest BCUT2D eigenvalue weighted by Crippen LogP contribution is -2.44. The van der Waals surface area contributed by atoms with Crippen LogP contribution in [0.15, 0.2) is 29.6 Å². The smallest absolute Gasteiger partial charge is 0.0755 e. The van der Waals surface area contributed by atoms with E-state index in [-0.39, 0.29) is 0 Å². The van der Waals surface area contributed by atoms with Gasteiger partial charge in [0.15, 0.2) is 0 Å². The van der Waals surface area contributed by atoms with E-state index in [0.29, 0.717) is 12.1 Å². The van der Waals surface area contributed by atoms with Gasteiger partial charge in [-0.05, 0) is 60.5 Å². The fourth-order valence-electron chi connectivity index (χ4n) is 3.17. The molecule has 1 aliphatic carbocycles. The third kappa shape index (κ3) is 3.47. The number of rotatable bonds is 8. The summed E-state index contributed by atoms with van der Waals surface area (Å²) in [6.45, 7) is 3.29. The molecule has 0 spiro atoms. The lowest BCUT2D eigenvalue weighted by atomic mass is 9.97. The van der Waals surface area contributed by atoms with Gasteiger partial charge in [-0.25, -0.2) is 0 Å². The van der Waals surface area contributed by atoms with Crippen LogP contribution in [0.1, 0.15) is 31.7 Å². The summed E-state index contributed by atoms with van der Waals surface area (Å²) in [7, 11) is 1.87. The Morgan fingerprint density at radius 2 is 2.14 bits per heavy atom. The Morgan fingerprint density at radius 1 is 1.33 bits per heavy atom. The van der Waals surface area contributed by atoms with Crippen LogP contribution >= 0.6 is 11.3 Å². The SMILES string of the molecule is CCCNC(Cc1csc2ccccc12)C(OC)C1CC1. The van der Waals surface area contributed by atoms with Crippen molar-refractivity contribution in [2.45, 2.75) is 44.8 Å². The highest BCUT2D eigenvalue weighted by atomic mass is 32.1. The summed E-state index contributed by atoms with van der Waals surface area (Å²) >= 11 is 1.85. The van der Waals surface area contributed by atoms with Crippen LogP contribution in [0.4, 0.5) is 0 Å². The van der Waals surface area contributed by atoms with Crippen molar-refractivity contribution in [1.29, 1.82) is 0 Å². The van der Waals surface area contributed by atoms with Gasteiger partial charge >= 0.3 is 0 Å². The molecule has 1 aromatic heterocycles. The number of hydrogen-bond acceptors (Lipinski definition) is 3. The zero-order valence-corrected chi connectivity index (χ0v) is 13.8. The van der Waals surface area contributed by atoms with E-state index in [1.54, 1.807) is 0 Å². The lowest BCUT2D eigenvalue weighted by Gasteiger charge is -2.27. The molecule has 0 amide bonds. The van der Waals surface area contributed by atoms with Gasteiger partial charge in [-0.1, -0.05) is 25.1 Å². The normalized spacial score (nSPS) is 18.0. The van der Waals surface area contributed by atoms with Crippen LogP contribution in [-0.2, 0) is 11.2 Å². The molecule has 21 heavy (non-hydrogen) atoms. The van der Waals surface area contributed by atoms with Gasteiger partial charge in [-0.2, -0.15) is 0 Å². The predicted molar refractivity (Wildman–Crippen MR) is 91.1 cm³/mol. The Bertz CT molecular complexity index is 575. The highest BCUT2D eigenvalue weighted by Gasteiger charge is 2.36. The van der Waals surface area contributed by atoms with Crippen molar-refractivity contribution >= 4 is 21.4 Å². The first-order valence-electron chi connectivity index (χ1n) is 8.04. The number of hydrogen-bond donors (Lipinski definition) is 1. The molecule has 1 heterocycles. The van der Waals surface area contributed by atoms with Crippen LogP contribution in [0.3, 0.4) is 0 Å². The Hall–Kier alpha value is -0.900. The molecule has 0 aliphatic heterocycles. The van der Waals surface area contributed by atoms with Gasteiger partial charge in [0.25, 0.3) is 0 Å². The highest BCUT2D eigenvalue weighted by molar-refractivity contribution is 7.17. The minimum atomic E-state index is 0.357. The molecule has 2 atom stereocenters. The second kappa shape index (κ2) is 6.91. The van der Waals surface area contributed by atoms with Crippen molar-refractivity contribution in [1.82, 2.24) is 5.32 Å². The van der Waals surface area contributed by atoms with E-state index in [1.165, 1.54) is 34.9 Å². The molecule has 3 heteroatoms. The van der Waals surface area contributed by atoms with E-state index in [9.17, 15) is 0 Å². The van der Waals surface area contributed by atoms with Crippen molar-refractivity contribution in [3.8, 4) is 0 Å². The van der Waals surface area contributed by atoms with Crippen LogP contribution in [0, 0.1) is 5.92 Å². The van der Waals surface area contributed by atoms with Crippen molar-refractivity contribution in [2.75, 3.05) is 13.7 Å². The van der Waals surface area contributed by atoms with E-state index in [0.717, 1.165) is 18.9 Å². The first-order chi connectivity index (χ1) is 10.3. The number of thiophene rings is 1. The molecule has 114 valence electrons. The molecule has 1 fully saturated rings. The van der Waals surface area contributed by atoms with Gasteiger partial charge in [0.2, 0.25) is 0 Å². The molecule has 1 aromatic carbocycles. The molecule has 3 rings (SSSR count). The number of benzene rings is 1. The first kappa shape index (κ1) is 15.0. The molecular weight excluding hydrogens is 278 g/mol. The quantitative estimate of drug-likeness (QED) is 0.787. The van der Waals surface area contributed by atoms with Crippen molar-refractivity contribution in [3.63, 3.8) is 0 Å². The third-order valence-electron chi connectivity index (χ3n) is 4.41. The van der Waals surface area contributed by atoms with E-state index >= 15 is 0 Å². The topological polar surface area (TPSA) is 21.3 Å². The summed E-state index contributed by atoms with van der Waals surface area (Å²) < 4.78 is 7.23. The summed E-state index contributed by atoms with van der Waals surface area (Å²) in [4.78, 5) is 0. The fraction of sp³-hybridized carbons (Fsp3) is 0.556. The maximum absolute atomic E-state index is 5.84. The van der Waals surface area contributed by atoms with Crippen LogP contribution in [0.5, 0.6) is 0 Å². The number of methoxy groups -OCH3 is 1. The fourth-order valence-corrected chi connectivity index (χ4v) is 4.15. The Kier molecular flexibility index (Phi) is 4.94. The monoisotopic (exact) mass is 303 g/mol. The summed E-state index contributed by atoms with van der Waals surface area (Å²) in [5, 5.41) is 7.46. The maximum atomic E-state index is 5.84. The molecule has 1 saturated carbocycles. The lowest BCUT2D eigenvalue weighted by molar-refractivity contribution is 0.0512. The standard InChI is InChI=1S/C18H25NOS/c1-3-10-19-16(18(20-2)13-8-9-13)11-14-12-21-17-7-5-4-6-15(14)17/h4-7,12-13,16,18-19H,3,8-11H2,1-2H3. The van der Waals surface area contributed by atoms with Crippen LogP contribution in [-0.4, -0.2) is 25.8 Å². The number of nitrogens with one attached hydrogen (secondary N) is 1. The number of ether oxygens (including phenoxy) is 1. The van der Waals surface area contributed by atoms with Crippen molar-refractivity contribution in [2.24, 2.45) is 5.92 Å². The van der Waals surface area contributed by atoms with Gasteiger partial charge in [-0.3, -0.25) is 0 Å². The molecule has 2 unspecified atom stereocenters. The Balaban J connectivity index is 1.79. The summed E-state index contributed by atoms with van der Waals surface area (Å²) in [5.74, 6) is 0.759. The van der Waals surface area contributed by atoms with Crippen LogP contribution in [0.2, 0.25) is 0 Å². The van der Waals surface area contributed by atoms with E-state index in [2.05, 4.69) is 41.9 Å². The second-order valence-corrected chi connectivity index (χ2v) is 6.97. The molecule has 1 aliphatic rings. The number of fused-ring (bicyclic) bond motifs is 1. The minimum Gasteiger partial charge on any atom is -0.380 e. The summed E-state index contributed by atoms with van der Waals surface area (Å²) in [6, 6.07) is 9.16. The van der Waals surface area contributed by atoms with E-state index < -0.39 is 0 Å². The zero-order chi connectivity index (χ0) is 14.7. The molecule has 2 aromatic rings. The van der Waals surface area contributed by atoms with E-state index in [1.807, 2.05) is 18.4 Å². The van der Waals surface area contributed by atoms with Gasteiger partial charge in [0.1, 0.15) is 0 Å². The Labute approximate surface area is 131 Å². The molecular formula is C18H25NOS. The van der Waals surface area contributed by atoms with Gasteiger partial charge in [0, 0.05) is 17.9 Å². The van der Waals surface area contributed by atoms with Gasteiger partial charge < -0.3 is 10.1 Å². The van der Waals surface area contributed by atoms with Crippen LogP contribution < -0.4 is 5.32 Å². The molecule has 0 radical (unpaired) electrons. The van der Waals surface area contributed by atoms with Gasteiger partial charge in [-0.15, -0.1) is 11.3 Å². The van der Waals surface area contributed by atoms with Crippen molar-refractivity contribution < 1.29 is 4.74 Å². The summed E-state index contributed by atoms with van der Waals surface area (Å²) in [6.07, 6.45) is 5.25. The maximum Gasteiger partial charge on any atom is 0.0755 e. The Morgan fingerprint density at radius 3 is 2.86 bits per heavy atom. The van der Waals surface area contributed by atoms with Gasteiger partial charge in [0.05, 0.1) is 6.10 Å². The third-order valence-corrected chi connectivity index (χ3v) is 5.43. The molecule has 0 saturated heterocycles. The van der Waals surface area contributed by atoms with Crippen molar-refractivity contribution in [3.05, 3.63) is 35.2 Å². The largest absolute Gasteiger partial charge is 0.380 e. The van der Waals surface area contributed by atoms with E-state index in [4.69, 9.17) is 4.74 Å². The second-order valence-electron chi connectivity index (χ2n) is 6.06.